The fourth-order valence-corrected chi connectivity index (χ4v) is 4.19. The van der Waals surface area contributed by atoms with E-state index in [1.54, 1.807) is 7.11 Å². The number of carbonyl (C=O) groups excluding carboxylic acids is 1. The SMILES string of the molecule is COc1ccc2cc(C3=CC4CCC(C3)N4C(=O)OC(C)(C)C)ccc2c1. The Bertz CT molecular complexity index is 909. The van der Waals surface area contributed by atoms with Gasteiger partial charge < -0.3 is 9.47 Å². The van der Waals surface area contributed by atoms with E-state index in [9.17, 15) is 4.79 Å². The van der Waals surface area contributed by atoms with Crippen molar-refractivity contribution in [3.63, 3.8) is 0 Å². The summed E-state index contributed by atoms with van der Waals surface area (Å²) in [4.78, 5) is 14.6. The second-order valence-electron chi connectivity index (χ2n) is 8.51. The lowest BCUT2D eigenvalue weighted by molar-refractivity contribution is 0.0175. The van der Waals surface area contributed by atoms with Crippen LogP contribution in [0, 0.1) is 0 Å². The van der Waals surface area contributed by atoms with Crippen LogP contribution in [0.3, 0.4) is 0 Å². The highest BCUT2D eigenvalue weighted by atomic mass is 16.6. The largest absolute Gasteiger partial charge is 0.497 e. The van der Waals surface area contributed by atoms with Crippen molar-refractivity contribution in [1.29, 1.82) is 0 Å². The normalized spacial score (nSPS) is 21.9. The molecule has 0 aromatic heterocycles. The van der Waals surface area contributed by atoms with Gasteiger partial charge in [0.1, 0.15) is 11.4 Å². The first-order valence-corrected chi connectivity index (χ1v) is 9.64. The van der Waals surface area contributed by atoms with Crippen molar-refractivity contribution in [3.05, 3.63) is 48.0 Å². The van der Waals surface area contributed by atoms with Gasteiger partial charge in [-0.3, -0.25) is 4.90 Å². The molecule has 142 valence electrons. The van der Waals surface area contributed by atoms with E-state index in [-0.39, 0.29) is 18.2 Å². The Hall–Kier alpha value is -2.49. The molecule has 1 amide bonds. The molecular formula is C23H27NO3. The third-order valence-electron chi connectivity index (χ3n) is 5.42. The predicted octanol–water partition coefficient (Wildman–Crippen LogP) is 5.40. The lowest BCUT2D eigenvalue weighted by atomic mass is 9.93. The molecule has 2 heterocycles. The van der Waals surface area contributed by atoms with Crippen LogP contribution in [0.4, 0.5) is 4.79 Å². The van der Waals surface area contributed by atoms with Gasteiger partial charge in [0.25, 0.3) is 0 Å². The summed E-state index contributed by atoms with van der Waals surface area (Å²) in [5.41, 5.74) is 2.12. The summed E-state index contributed by atoms with van der Waals surface area (Å²) in [6, 6.07) is 13.1. The Balaban J connectivity index is 1.60. The number of carbonyl (C=O) groups is 1. The van der Waals surface area contributed by atoms with Gasteiger partial charge in [-0.05, 0) is 80.1 Å². The minimum atomic E-state index is -0.458. The van der Waals surface area contributed by atoms with Crippen LogP contribution in [-0.4, -0.2) is 35.8 Å². The fourth-order valence-electron chi connectivity index (χ4n) is 4.19. The van der Waals surface area contributed by atoms with Crippen LogP contribution in [-0.2, 0) is 4.74 Å². The van der Waals surface area contributed by atoms with E-state index >= 15 is 0 Å². The van der Waals surface area contributed by atoms with E-state index in [0.717, 1.165) is 25.0 Å². The van der Waals surface area contributed by atoms with Crippen LogP contribution in [0.25, 0.3) is 16.3 Å². The third-order valence-corrected chi connectivity index (χ3v) is 5.42. The number of hydrogen-bond acceptors (Lipinski definition) is 3. The standard InChI is InChI=1S/C23H27NO3/c1-23(2,3)27-22(25)24-19-8-9-20(24)13-18(12-19)16-5-6-17-14-21(26-4)10-7-15(17)11-16/h5-7,10-12,14,19-20H,8-9,13H2,1-4H3. The Kier molecular flexibility index (Phi) is 4.37. The van der Waals surface area contributed by atoms with E-state index in [4.69, 9.17) is 9.47 Å². The predicted molar refractivity (Wildman–Crippen MR) is 108 cm³/mol. The van der Waals surface area contributed by atoms with Crippen LogP contribution in [0.1, 0.15) is 45.6 Å². The van der Waals surface area contributed by atoms with Crippen LogP contribution in [0.5, 0.6) is 5.75 Å². The van der Waals surface area contributed by atoms with Crippen LogP contribution in [0.15, 0.2) is 42.5 Å². The molecular weight excluding hydrogens is 338 g/mol. The highest BCUT2D eigenvalue weighted by Gasteiger charge is 2.41. The lowest BCUT2D eigenvalue weighted by Crippen LogP contribution is -2.45. The molecule has 2 aromatic rings. The van der Waals surface area contributed by atoms with Crippen LogP contribution >= 0.6 is 0 Å². The first-order valence-electron chi connectivity index (χ1n) is 9.64. The number of benzene rings is 2. The molecule has 2 aromatic carbocycles. The van der Waals surface area contributed by atoms with Crippen molar-refractivity contribution in [1.82, 2.24) is 4.90 Å². The number of methoxy groups -OCH3 is 1. The maximum atomic E-state index is 12.6. The fraction of sp³-hybridized carbons (Fsp3) is 0.435. The minimum Gasteiger partial charge on any atom is -0.497 e. The molecule has 4 heteroatoms. The molecule has 2 bridgehead atoms. The van der Waals surface area contributed by atoms with Gasteiger partial charge in [-0.15, -0.1) is 0 Å². The summed E-state index contributed by atoms with van der Waals surface area (Å²) >= 11 is 0. The summed E-state index contributed by atoms with van der Waals surface area (Å²) < 4.78 is 10.9. The van der Waals surface area contributed by atoms with Gasteiger partial charge in [-0.1, -0.05) is 24.3 Å². The zero-order valence-electron chi connectivity index (χ0n) is 16.5. The minimum absolute atomic E-state index is 0.139. The Labute approximate surface area is 160 Å². The second-order valence-corrected chi connectivity index (χ2v) is 8.51. The van der Waals surface area contributed by atoms with Crippen molar-refractivity contribution >= 4 is 22.4 Å². The maximum Gasteiger partial charge on any atom is 0.411 e. The highest BCUT2D eigenvalue weighted by molar-refractivity contribution is 5.88. The molecule has 2 aliphatic heterocycles. The molecule has 0 saturated carbocycles. The van der Waals surface area contributed by atoms with Gasteiger partial charge in [0.2, 0.25) is 0 Å². The maximum absolute atomic E-state index is 12.6. The average molecular weight is 365 g/mol. The van der Waals surface area contributed by atoms with E-state index < -0.39 is 5.60 Å². The number of fused-ring (bicyclic) bond motifs is 3. The molecule has 0 spiro atoms. The zero-order valence-corrected chi connectivity index (χ0v) is 16.5. The number of hydrogen-bond donors (Lipinski definition) is 0. The Morgan fingerprint density at radius 1 is 1.07 bits per heavy atom. The van der Waals surface area contributed by atoms with Gasteiger partial charge in [-0.25, -0.2) is 4.79 Å². The first-order chi connectivity index (χ1) is 12.8. The average Bonchev–Trinajstić information content (AvgIpc) is 2.89. The smallest absolute Gasteiger partial charge is 0.411 e. The zero-order chi connectivity index (χ0) is 19.2. The number of amides is 1. The van der Waals surface area contributed by atoms with Gasteiger partial charge in [-0.2, -0.15) is 0 Å². The van der Waals surface area contributed by atoms with Crippen LogP contribution in [0.2, 0.25) is 0 Å². The first kappa shape index (κ1) is 17.9. The topological polar surface area (TPSA) is 38.8 Å². The van der Waals surface area contributed by atoms with Crippen molar-refractivity contribution < 1.29 is 14.3 Å². The highest BCUT2D eigenvalue weighted by Crippen LogP contribution is 2.40. The second kappa shape index (κ2) is 6.59. The molecule has 0 aliphatic carbocycles. The van der Waals surface area contributed by atoms with Crippen molar-refractivity contribution in [2.24, 2.45) is 0 Å². The summed E-state index contributed by atoms with van der Waals surface area (Å²) in [6.45, 7) is 5.76. The van der Waals surface area contributed by atoms with Gasteiger partial charge in [0.05, 0.1) is 13.2 Å². The van der Waals surface area contributed by atoms with Crippen molar-refractivity contribution in [3.8, 4) is 5.75 Å². The molecule has 2 atom stereocenters. The monoisotopic (exact) mass is 365 g/mol. The number of rotatable bonds is 2. The molecule has 0 radical (unpaired) electrons. The van der Waals surface area contributed by atoms with Gasteiger partial charge in [0.15, 0.2) is 0 Å². The van der Waals surface area contributed by atoms with E-state index in [1.165, 1.54) is 21.9 Å². The lowest BCUT2D eigenvalue weighted by Gasteiger charge is -2.35. The molecule has 1 saturated heterocycles. The van der Waals surface area contributed by atoms with E-state index in [1.807, 2.05) is 31.7 Å². The Morgan fingerprint density at radius 3 is 2.52 bits per heavy atom. The third kappa shape index (κ3) is 3.53. The van der Waals surface area contributed by atoms with Crippen LogP contribution < -0.4 is 4.74 Å². The molecule has 2 unspecified atom stereocenters. The molecule has 2 aliphatic rings. The summed E-state index contributed by atoms with van der Waals surface area (Å²) in [7, 11) is 1.69. The summed E-state index contributed by atoms with van der Waals surface area (Å²) in [5.74, 6) is 0.873. The summed E-state index contributed by atoms with van der Waals surface area (Å²) in [6.07, 6.45) is 5.01. The van der Waals surface area contributed by atoms with Crippen molar-refractivity contribution in [2.75, 3.05) is 7.11 Å². The molecule has 0 N–H and O–H groups in total. The van der Waals surface area contributed by atoms with E-state index in [0.29, 0.717) is 0 Å². The van der Waals surface area contributed by atoms with Gasteiger partial charge in [0, 0.05) is 6.04 Å². The molecule has 27 heavy (non-hydrogen) atoms. The van der Waals surface area contributed by atoms with Crippen molar-refractivity contribution in [2.45, 2.75) is 57.7 Å². The molecule has 4 nitrogen and oxygen atoms in total. The molecule has 1 fully saturated rings. The summed E-state index contributed by atoms with van der Waals surface area (Å²) in [5, 5.41) is 2.38. The number of ether oxygens (including phenoxy) is 2. The molecule has 4 rings (SSSR count). The van der Waals surface area contributed by atoms with E-state index in [2.05, 4.69) is 36.4 Å². The van der Waals surface area contributed by atoms with Gasteiger partial charge >= 0.3 is 6.09 Å². The number of nitrogens with zero attached hydrogens (tertiary/aromatic N) is 1. The quantitative estimate of drug-likeness (QED) is 0.715. The Morgan fingerprint density at radius 2 is 1.81 bits per heavy atom.